The van der Waals surface area contributed by atoms with Gasteiger partial charge in [-0.05, 0) is 0 Å². The molecule has 98 valence electrons. The van der Waals surface area contributed by atoms with E-state index < -0.39 is 16.2 Å². The van der Waals surface area contributed by atoms with Gasteiger partial charge in [0.25, 0.3) is 0 Å². The van der Waals surface area contributed by atoms with Crippen molar-refractivity contribution >= 4 is 52.6 Å². The molecule has 0 aliphatic rings. The van der Waals surface area contributed by atoms with Crippen LogP contribution in [0.1, 0.15) is 0 Å². The van der Waals surface area contributed by atoms with Crippen LogP contribution in [0, 0.1) is 0 Å². The molecule has 0 bridgehead atoms. The van der Waals surface area contributed by atoms with Crippen molar-refractivity contribution in [1.29, 1.82) is 0 Å². The van der Waals surface area contributed by atoms with E-state index in [1.54, 1.807) is 0 Å². The molecule has 20 heavy (non-hydrogen) atoms. The van der Waals surface area contributed by atoms with Gasteiger partial charge in [-0.15, -0.1) is 0 Å². The second kappa shape index (κ2) is 7.93. The minimum Gasteiger partial charge on any atom is -0.212 e. The van der Waals surface area contributed by atoms with Crippen molar-refractivity contribution in [2.75, 3.05) is 0 Å². The average molecular weight is 308 g/mol. The molecule has 0 aromatic rings. The molecule has 0 spiro atoms. The van der Waals surface area contributed by atoms with Crippen molar-refractivity contribution in [3.05, 3.63) is 0 Å². The van der Waals surface area contributed by atoms with Crippen LogP contribution in [0.5, 0.6) is 0 Å². The van der Waals surface area contributed by atoms with Gasteiger partial charge in [-0.25, -0.2) is 28.8 Å². The highest BCUT2D eigenvalue weighted by Crippen LogP contribution is 2.25. The van der Waals surface area contributed by atoms with Crippen molar-refractivity contribution in [2.45, 2.75) is 0 Å². The zero-order valence-corrected chi connectivity index (χ0v) is 11.1. The lowest BCUT2D eigenvalue weighted by molar-refractivity contribution is 0.561. The van der Waals surface area contributed by atoms with E-state index in [-0.39, 0.29) is 0 Å². The second-order valence-corrected chi connectivity index (χ2v) is 10.4. The highest BCUT2D eigenvalue weighted by atomic mass is 29.3. The van der Waals surface area contributed by atoms with E-state index >= 15 is 0 Å². The SMILES string of the molecule is O=C=N[Si](N=C=O)(N=C=O)[Si](N=C=O)(N=C=O)N=C=O. The highest BCUT2D eigenvalue weighted by Gasteiger charge is 2.67. The molecule has 0 amide bonds. The van der Waals surface area contributed by atoms with Gasteiger partial charge in [0.1, 0.15) is 0 Å². The van der Waals surface area contributed by atoms with Crippen LogP contribution in [-0.2, 0) is 28.8 Å². The Bertz CT molecular complexity index is 532. The van der Waals surface area contributed by atoms with Gasteiger partial charge >= 0.3 is 16.2 Å². The van der Waals surface area contributed by atoms with Crippen LogP contribution in [0.25, 0.3) is 0 Å². The molecule has 0 N–H and O–H groups in total. The first kappa shape index (κ1) is 16.7. The van der Waals surface area contributed by atoms with E-state index in [4.69, 9.17) is 0 Å². The molecule has 0 aliphatic carbocycles. The summed E-state index contributed by atoms with van der Waals surface area (Å²) in [6.07, 6.45) is 5.49. The molecule has 12 nitrogen and oxygen atoms in total. The van der Waals surface area contributed by atoms with E-state index in [1.165, 1.54) is 0 Å². The third-order valence-corrected chi connectivity index (χ3v) is 9.69. The Labute approximate surface area is 110 Å². The molecule has 0 unspecified atom stereocenters. The summed E-state index contributed by atoms with van der Waals surface area (Å²) < 4.78 is 17.9. The second-order valence-electron chi connectivity index (χ2n) is 2.49. The number of hydrogen-bond acceptors (Lipinski definition) is 12. The lowest BCUT2D eigenvalue weighted by Gasteiger charge is -2.18. The van der Waals surface area contributed by atoms with E-state index in [1.807, 2.05) is 0 Å². The van der Waals surface area contributed by atoms with Crippen molar-refractivity contribution in [3.8, 4) is 0 Å². The van der Waals surface area contributed by atoms with Gasteiger partial charge in [0.2, 0.25) is 36.5 Å². The maximum atomic E-state index is 10.4. The van der Waals surface area contributed by atoms with Crippen molar-refractivity contribution in [3.63, 3.8) is 0 Å². The Hall–Kier alpha value is -3.29. The molecule has 0 saturated heterocycles. The van der Waals surface area contributed by atoms with E-state index in [0.29, 0.717) is 0 Å². The molecule has 0 radical (unpaired) electrons. The summed E-state index contributed by atoms with van der Waals surface area (Å²) in [5.74, 6) is 0. The molecule has 0 aromatic carbocycles. The predicted molar refractivity (Wildman–Crippen MR) is 60.2 cm³/mol. The van der Waals surface area contributed by atoms with Crippen LogP contribution in [-0.4, -0.2) is 52.6 Å². The first-order chi connectivity index (χ1) is 9.61. The fraction of sp³-hybridized carbons (Fsp3) is 0. The molecular weight excluding hydrogens is 308 g/mol. The Morgan fingerprint density at radius 3 is 0.650 bits per heavy atom. The van der Waals surface area contributed by atoms with Gasteiger partial charge in [0.05, 0.1) is 0 Å². The molecule has 0 atom stereocenters. The zero-order chi connectivity index (χ0) is 15.5. The van der Waals surface area contributed by atoms with Gasteiger partial charge in [0.15, 0.2) is 0 Å². The van der Waals surface area contributed by atoms with E-state index in [2.05, 4.69) is 27.9 Å². The summed E-state index contributed by atoms with van der Waals surface area (Å²) in [5, 5.41) is 0. The summed E-state index contributed by atoms with van der Waals surface area (Å²) >= 11 is 0. The molecule has 0 aliphatic heterocycles. The van der Waals surface area contributed by atoms with Gasteiger partial charge in [0, 0.05) is 0 Å². The monoisotopic (exact) mass is 308 g/mol. The smallest absolute Gasteiger partial charge is 0.212 e. The maximum absolute atomic E-state index is 10.4. The van der Waals surface area contributed by atoms with Crippen LogP contribution in [0.4, 0.5) is 0 Å². The molecule has 0 aromatic heterocycles. The summed E-state index contributed by atoms with van der Waals surface area (Å²) in [6, 6.07) is 0. The Morgan fingerprint density at radius 2 is 0.550 bits per heavy atom. The number of carbonyl (C=O) groups excluding carboxylic acids is 6. The normalized spacial score (nSPS) is 13.8. The average Bonchev–Trinajstić information content (AvgIpc) is 2.40. The topological polar surface area (TPSA) is 177 Å². The quantitative estimate of drug-likeness (QED) is 0.297. The van der Waals surface area contributed by atoms with Gasteiger partial charge < -0.3 is 0 Å². The van der Waals surface area contributed by atoms with Crippen LogP contribution in [0.3, 0.4) is 0 Å². The summed E-state index contributed by atoms with van der Waals surface area (Å²) in [7, 11) is -9.37. The summed E-state index contributed by atoms with van der Waals surface area (Å²) in [6.45, 7) is 0. The van der Waals surface area contributed by atoms with Crippen LogP contribution in [0.2, 0.25) is 0 Å². The number of hydrogen-bond donors (Lipinski definition) is 0. The summed E-state index contributed by atoms with van der Waals surface area (Å²) in [4.78, 5) is 62.4. The third-order valence-electron chi connectivity index (χ3n) is 1.66. The molecule has 0 saturated carbocycles. The Morgan fingerprint density at radius 1 is 0.400 bits per heavy atom. The first-order valence-electron chi connectivity index (χ1n) is 4.16. The van der Waals surface area contributed by atoms with Crippen LogP contribution in [0.15, 0.2) is 27.9 Å². The lowest BCUT2D eigenvalue weighted by atomic mass is 11.7. The minimum atomic E-state index is -4.68. The zero-order valence-electron chi connectivity index (χ0n) is 9.13. The third kappa shape index (κ3) is 3.13. The molecule has 0 heterocycles. The largest absolute Gasteiger partial charge is 0.527 e. The molecule has 0 fully saturated rings. The van der Waals surface area contributed by atoms with Crippen molar-refractivity contribution < 1.29 is 28.8 Å². The van der Waals surface area contributed by atoms with Gasteiger partial charge in [-0.3, -0.25) is 0 Å². The molecular formula is C6N6O6Si2. The molecule has 0 rings (SSSR count). The number of isocyanates is 6. The van der Waals surface area contributed by atoms with Gasteiger partial charge in [-0.1, -0.05) is 0 Å². The van der Waals surface area contributed by atoms with Crippen molar-refractivity contribution in [2.24, 2.45) is 27.9 Å². The molecule has 14 heteroatoms. The van der Waals surface area contributed by atoms with Crippen LogP contribution >= 0.6 is 0 Å². The Kier molecular flexibility index (Phi) is 6.63. The standard InChI is InChI=1S/C6N6O6Si2/c13-1-7-19(8-2-14,9-3-15)20(10-4-16,11-5-17)12-6-18. The minimum absolute atomic E-state index is 0.915. The Balaban J connectivity index is 7.02. The summed E-state index contributed by atoms with van der Waals surface area (Å²) in [5.41, 5.74) is 0. The maximum Gasteiger partial charge on any atom is 0.527 e. The lowest BCUT2D eigenvalue weighted by Crippen LogP contribution is -2.57. The van der Waals surface area contributed by atoms with Gasteiger partial charge in [-0.2, -0.15) is 27.9 Å². The number of rotatable bonds is 7. The van der Waals surface area contributed by atoms with Crippen molar-refractivity contribution in [1.82, 2.24) is 0 Å². The van der Waals surface area contributed by atoms with E-state index in [9.17, 15) is 28.8 Å². The fourth-order valence-electron chi connectivity index (χ4n) is 0.982. The first-order valence-corrected chi connectivity index (χ1v) is 8.84. The number of nitrogens with zero attached hydrogens (tertiary/aromatic N) is 6. The predicted octanol–water partition coefficient (Wildman–Crippen LogP) is -2.04. The highest BCUT2D eigenvalue weighted by molar-refractivity contribution is 7.39. The fourth-order valence-corrected chi connectivity index (χ4v) is 6.47. The van der Waals surface area contributed by atoms with Crippen LogP contribution < -0.4 is 0 Å². The van der Waals surface area contributed by atoms with E-state index in [0.717, 1.165) is 36.5 Å².